The molecule has 0 saturated carbocycles. The average Bonchev–Trinajstić information content (AvgIpc) is 2.46. The second-order valence-corrected chi connectivity index (χ2v) is 5.23. The maximum atomic E-state index is 10.9. The van der Waals surface area contributed by atoms with Crippen LogP contribution in [-0.2, 0) is 0 Å². The zero-order valence-corrected chi connectivity index (χ0v) is 12.3. The minimum absolute atomic E-state index is 0.0271. The third kappa shape index (κ3) is 4.41. The number of carbonyl (C=O) groups excluding carboxylic acids is 1. The van der Waals surface area contributed by atoms with Crippen LogP contribution in [0.25, 0.3) is 0 Å². The number of hydrogen-bond donors (Lipinski definition) is 0. The van der Waals surface area contributed by atoms with E-state index in [0.717, 1.165) is 17.9 Å². The first-order valence-corrected chi connectivity index (χ1v) is 7.31. The highest BCUT2D eigenvalue weighted by molar-refractivity contribution is 7.99. The lowest BCUT2D eigenvalue weighted by atomic mass is 10.1. The molecule has 0 bridgehead atoms. The summed E-state index contributed by atoms with van der Waals surface area (Å²) in [6.07, 6.45) is 1.27. The number of hydrogen-bond acceptors (Lipinski definition) is 6. The van der Waals surface area contributed by atoms with Crippen molar-refractivity contribution >= 4 is 23.7 Å². The van der Waals surface area contributed by atoms with Crippen LogP contribution < -0.4 is 9.47 Å². The molecule has 6 nitrogen and oxygen atoms in total. The summed E-state index contributed by atoms with van der Waals surface area (Å²) in [6, 6.07) is 2.55. The summed E-state index contributed by atoms with van der Waals surface area (Å²) in [5.41, 5.74) is -0.306. The van der Waals surface area contributed by atoms with Gasteiger partial charge >= 0.3 is 0 Å². The SMILES string of the molecule is CCSCCCOc1cc([N+](=O)[O-])c(C=O)cc1OC. The van der Waals surface area contributed by atoms with Crippen LogP contribution in [0.2, 0.25) is 0 Å². The summed E-state index contributed by atoms with van der Waals surface area (Å²) in [4.78, 5) is 21.1. The van der Waals surface area contributed by atoms with Gasteiger partial charge in [0.1, 0.15) is 0 Å². The van der Waals surface area contributed by atoms with Crippen molar-refractivity contribution in [2.75, 3.05) is 25.2 Å². The van der Waals surface area contributed by atoms with Crippen LogP contribution in [0.5, 0.6) is 11.5 Å². The first kappa shape index (κ1) is 16.3. The van der Waals surface area contributed by atoms with Crippen LogP contribution in [0.15, 0.2) is 12.1 Å². The summed E-state index contributed by atoms with van der Waals surface area (Å²) in [6.45, 7) is 2.52. The van der Waals surface area contributed by atoms with Crippen LogP contribution in [0.3, 0.4) is 0 Å². The third-order valence-electron chi connectivity index (χ3n) is 2.53. The van der Waals surface area contributed by atoms with Crippen molar-refractivity contribution in [3.8, 4) is 11.5 Å². The van der Waals surface area contributed by atoms with Crippen molar-refractivity contribution in [3.05, 3.63) is 27.8 Å². The van der Waals surface area contributed by atoms with E-state index in [4.69, 9.17) is 9.47 Å². The molecule has 0 heterocycles. The van der Waals surface area contributed by atoms with Gasteiger partial charge in [-0.1, -0.05) is 6.92 Å². The Kier molecular flexibility index (Phi) is 6.86. The molecule has 0 radical (unpaired) electrons. The van der Waals surface area contributed by atoms with Gasteiger partial charge in [0, 0.05) is 6.07 Å². The number of ether oxygens (including phenoxy) is 2. The van der Waals surface area contributed by atoms with E-state index >= 15 is 0 Å². The number of methoxy groups -OCH3 is 1. The second-order valence-electron chi connectivity index (χ2n) is 3.84. The van der Waals surface area contributed by atoms with Crippen LogP contribution in [0, 0.1) is 10.1 Å². The molecule has 1 aromatic rings. The van der Waals surface area contributed by atoms with E-state index in [-0.39, 0.29) is 17.0 Å². The van der Waals surface area contributed by atoms with Gasteiger partial charge in [0.15, 0.2) is 17.8 Å². The van der Waals surface area contributed by atoms with Crippen molar-refractivity contribution in [2.24, 2.45) is 0 Å². The normalized spacial score (nSPS) is 10.1. The minimum Gasteiger partial charge on any atom is -0.493 e. The highest BCUT2D eigenvalue weighted by atomic mass is 32.2. The fourth-order valence-electron chi connectivity index (χ4n) is 1.58. The maximum Gasteiger partial charge on any atom is 0.283 e. The lowest BCUT2D eigenvalue weighted by Crippen LogP contribution is -2.03. The maximum absolute atomic E-state index is 10.9. The first-order chi connectivity index (χ1) is 9.63. The lowest BCUT2D eigenvalue weighted by Gasteiger charge is -2.11. The van der Waals surface area contributed by atoms with Crippen LogP contribution in [-0.4, -0.2) is 36.4 Å². The Morgan fingerprint density at radius 2 is 2.15 bits per heavy atom. The predicted octanol–water partition coefficient (Wildman–Crippen LogP) is 2.94. The highest BCUT2D eigenvalue weighted by Gasteiger charge is 2.19. The Bertz CT molecular complexity index is 478. The third-order valence-corrected chi connectivity index (χ3v) is 3.52. The smallest absolute Gasteiger partial charge is 0.283 e. The van der Waals surface area contributed by atoms with E-state index in [2.05, 4.69) is 6.92 Å². The monoisotopic (exact) mass is 299 g/mol. The number of aldehydes is 1. The van der Waals surface area contributed by atoms with E-state index in [1.807, 2.05) is 0 Å². The van der Waals surface area contributed by atoms with Crippen molar-refractivity contribution < 1.29 is 19.2 Å². The Morgan fingerprint density at radius 1 is 1.40 bits per heavy atom. The van der Waals surface area contributed by atoms with Gasteiger partial charge in [0.05, 0.1) is 30.3 Å². The Balaban J connectivity index is 2.85. The molecule has 20 heavy (non-hydrogen) atoms. The van der Waals surface area contributed by atoms with Gasteiger partial charge in [-0.25, -0.2) is 0 Å². The predicted molar refractivity (Wildman–Crippen MR) is 78.1 cm³/mol. The zero-order chi connectivity index (χ0) is 15.0. The molecule has 0 N–H and O–H groups in total. The standard InChI is InChI=1S/C13H17NO5S/c1-3-20-6-4-5-19-13-8-11(14(16)17)10(9-15)7-12(13)18-2/h7-9H,3-6H2,1-2H3. The van der Waals surface area contributed by atoms with E-state index in [1.54, 1.807) is 11.8 Å². The molecule has 0 saturated heterocycles. The van der Waals surface area contributed by atoms with Crippen molar-refractivity contribution in [2.45, 2.75) is 13.3 Å². The van der Waals surface area contributed by atoms with Gasteiger partial charge in [0.25, 0.3) is 5.69 Å². The molecular weight excluding hydrogens is 282 g/mol. The summed E-state index contributed by atoms with van der Waals surface area (Å²) in [7, 11) is 1.43. The van der Waals surface area contributed by atoms with E-state index in [1.165, 1.54) is 19.2 Å². The Morgan fingerprint density at radius 3 is 2.70 bits per heavy atom. The number of nitrogens with zero attached hydrogens (tertiary/aromatic N) is 1. The Labute approximate surface area is 121 Å². The number of rotatable bonds is 9. The number of nitro benzene ring substituents is 1. The largest absolute Gasteiger partial charge is 0.493 e. The molecule has 0 unspecified atom stereocenters. The van der Waals surface area contributed by atoms with Crippen molar-refractivity contribution in [1.29, 1.82) is 0 Å². The first-order valence-electron chi connectivity index (χ1n) is 6.16. The lowest BCUT2D eigenvalue weighted by molar-refractivity contribution is -0.385. The number of carbonyl (C=O) groups is 1. The molecule has 110 valence electrons. The zero-order valence-electron chi connectivity index (χ0n) is 11.5. The second kappa shape index (κ2) is 8.42. The quantitative estimate of drug-likeness (QED) is 0.302. The number of nitro groups is 1. The van der Waals surface area contributed by atoms with Gasteiger partial charge in [-0.05, 0) is 17.9 Å². The average molecular weight is 299 g/mol. The number of thioether (sulfide) groups is 1. The molecule has 1 aromatic carbocycles. The van der Waals surface area contributed by atoms with Gasteiger partial charge in [0.2, 0.25) is 0 Å². The summed E-state index contributed by atoms with van der Waals surface area (Å²) >= 11 is 1.80. The van der Waals surface area contributed by atoms with Crippen molar-refractivity contribution in [1.82, 2.24) is 0 Å². The van der Waals surface area contributed by atoms with Crippen molar-refractivity contribution in [3.63, 3.8) is 0 Å². The molecule has 1 rings (SSSR count). The summed E-state index contributed by atoms with van der Waals surface area (Å²) in [5, 5.41) is 10.9. The number of benzene rings is 1. The molecule has 0 aliphatic carbocycles. The van der Waals surface area contributed by atoms with Crippen LogP contribution >= 0.6 is 11.8 Å². The highest BCUT2D eigenvalue weighted by Crippen LogP contribution is 2.34. The van der Waals surface area contributed by atoms with E-state index in [0.29, 0.717) is 18.6 Å². The van der Waals surface area contributed by atoms with Gasteiger partial charge in [-0.3, -0.25) is 14.9 Å². The molecule has 0 spiro atoms. The van der Waals surface area contributed by atoms with Crippen LogP contribution in [0.4, 0.5) is 5.69 Å². The fourth-order valence-corrected chi connectivity index (χ4v) is 2.19. The topological polar surface area (TPSA) is 78.7 Å². The van der Waals surface area contributed by atoms with E-state index in [9.17, 15) is 14.9 Å². The molecular formula is C13H17NO5S. The summed E-state index contributed by atoms with van der Waals surface area (Å²) < 4.78 is 10.6. The molecule has 7 heteroatoms. The van der Waals surface area contributed by atoms with Gasteiger partial charge in [-0.2, -0.15) is 11.8 Å². The molecule has 0 aliphatic rings. The molecule has 0 aliphatic heterocycles. The summed E-state index contributed by atoms with van der Waals surface area (Å²) in [5.74, 6) is 2.61. The minimum atomic E-state index is -0.608. The van der Waals surface area contributed by atoms with Crippen LogP contribution in [0.1, 0.15) is 23.7 Å². The molecule has 0 aromatic heterocycles. The molecule has 0 fully saturated rings. The fraction of sp³-hybridized carbons (Fsp3) is 0.462. The van der Waals surface area contributed by atoms with Gasteiger partial charge < -0.3 is 9.47 Å². The molecule has 0 atom stereocenters. The van der Waals surface area contributed by atoms with Gasteiger partial charge in [-0.15, -0.1) is 0 Å². The van der Waals surface area contributed by atoms with E-state index < -0.39 is 4.92 Å². The molecule has 0 amide bonds. The Hall–Kier alpha value is -1.76.